The van der Waals surface area contributed by atoms with Gasteiger partial charge in [-0.25, -0.2) is 0 Å². The predicted octanol–water partition coefficient (Wildman–Crippen LogP) is 17.0. The second kappa shape index (κ2) is 13.0. The van der Waals surface area contributed by atoms with Gasteiger partial charge < -0.3 is 8.83 Å². The lowest BCUT2D eigenvalue weighted by atomic mass is 9.55. The molecule has 0 fully saturated rings. The molecule has 0 atom stereocenters. The molecule has 1 aliphatic carbocycles. The average molecular weight is 889 g/mol. The van der Waals surface area contributed by atoms with Crippen molar-refractivity contribution in [2.24, 2.45) is 0 Å². The molecule has 0 saturated heterocycles. The van der Waals surface area contributed by atoms with Gasteiger partial charge in [0.25, 0.3) is 0 Å². The Morgan fingerprint density at radius 1 is 0.297 bits per heavy atom. The molecule has 0 radical (unpaired) electrons. The van der Waals surface area contributed by atoms with Gasteiger partial charge in [-0.1, -0.05) is 133 Å². The van der Waals surface area contributed by atoms with E-state index in [1.807, 2.05) is 46.2 Å². The highest BCUT2D eigenvalue weighted by molar-refractivity contribution is 7.99. The molecule has 2 nitrogen and oxygen atoms in total. The summed E-state index contributed by atoms with van der Waals surface area (Å²) in [6, 6.07) is 72.3. The van der Waals surface area contributed by atoms with Gasteiger partial charge in [-0.3, -0.25) is 0 Å². The van der Waals surface area contributed by atoms with Gasteiger partial charge in [-0.2, -0.15) is 0 Å². The van der Waals surface area contributed by atoms with E-state index in [-0.39, 0.29) is 0 Å². The lowest BCUT2D eigenvalue weighted by Gasteiger charge is -2.51. The lowest BCUT2D eigenvalue weighted by Crippen LogP contribution is -2.45. The topological polar surface area (TPSA) is 26.3 Å². The molecule has 0 amide bonds. The summed E-state index contributed by atoms with van der Waals surface area (Å²) in [5.74, 6) is 0. The SMILES string of the molecule is c1ccc2c(c1)Sc1ccccc1C21c2cc(-c3ccc4oc5ccccc5c4c3)sc2C2(c3ccccc3Sc3ccccc32)c2cc(-c3ccc4oc5ccccc5c4c3)sc21. The molecule has 0 saturated carbocycles. The second-order valence-corrected chi connectivity index (χ2v) is 21.3. The molecule has 300 valence electrons. The van der Waals surface area contributed by atoms with E-state index in [0.717, 1.165) is 43.9 Å². The van der Waals surface area contributed by atoms with Crippen LogP contribution in [0.5, 0.6) is 0 Å². The van der Waals surface area contributed by atoms with Crippen LogP contribution >= 0.6 is 46.2 Å². The smallest absolute Gasteiger partial charge is 0.135 e. The number of fused-ring (bicyclic) bond motifs is 20. The normalized spacial score (nSPS) is 15.0. The Hall–Kier alpha value is -6.54. The second-order valence-electron chi connectivity index (χ2n) is 17.0. The lowest BCUT2D eigenvalue weighted by molar-refractivity contribution is 0.609. The predicted molar refractivity (Wildman–Crippen MR) is 266 cm³/mol. The Kier molecular flexibility index (Phi) is 7.30. The third-order valence-corrected chi connectivity index (χ3v) is 18.8. The van der Waals surface area contributed by atoms with Crippen LogP contribution in [0.1, 0.15) is 43.1 Å². The van der Waals surface area contributed by atoms with Gasteiger partial charge in [0, 0.05) is 60.6 Å². The number of hydrogen-bond donors (Lipinski definition) is 0. The Bertz CT molecular complexity index is 3560. The van der Waals surface area contributed by atoms with Gasteiger partial charge in [-0.05, 0) is 129 Å². The molecule has 0 N–H and O–H groups in total. The van der Waals surface area contributed by atoms with Crippen LogP contribution < -0.4 is 0 Å². The third-order valence-electron chi connectivity index (χ3n) is 13.9. The Labute approximate surface area is 384 Å². The standard InChI is InChI=1S/C58H32O2S4/c1-7-19-45-35(13-1)37-29-33(25-27-47(37)59-45)53-31-43-55(63-53)58(41-17-5-11-23-51(41)62-52-24-12-6-18-42(52)58)44-32-54(34-26-28-48-38(30-34)36-14-2-8-20-46(36)60-48)64-56(44)57(43)39-15-3-9-21-49(39)61-50-22-10-4-16-40(50)57/h1-32H. The summed E-state index contributed by atoms with van der Waals surface area (Å²) in [7, 11) is 0. The first-order valence-corrected chi connectivity index (χ1v) is 24.8. The first-order chi connectivity index (χ1) is 31.7. The maximum absolute atomic E-state index is 6.38. The summed E-state index contributed by atoms with van der Waals surface area (Å²) in [5, 5.41) is 4.57. The molecule has 6 heterocycles. The van der Waals surface area contributed by atoms with E-state index in [0.29, 0.717) is 0 Å². The largest absolute Gasteiger partial charge is 0.456 e. The highest BCUT2D eigenvalue weighted by atomic mass is 32.2. The summed E-state index contributed by atoms with van der Waals surface area (Å²) in [6.45, 7) is 0. The van der Waals surface area contributed by atoms with Crippen molar-refractivity contribution in [2.75, 3.05) is 0 Å². The maximum Gasteiger partial charge on any atom is 0.135 e. The number of thiophene rings is 2. The van der Waals surface area contributed by atoms with E-state index in [1.165, 1.54) is 83.6 Å². The number of hydrogen-bond acceptors (Lipinski definition) is 6. The van der Waals surface area contributed by atoms with E-state index < -0.39 is 10.8 Å². The van der Waals surface area contributed by atoms with Gasteiger partial charge in [0.05, 0.1) is 10.8 Å². The minimum absolute atomic E-state index is 0.598. The van der Waals surface area contributed by atoms with Gasteiger partial charge in [-0.15, -0.1) is 22.7 Å². The fourth-order valence-electron chi connectivity index (χ4n) is 11.2. The monoisotopic (exact) mass is 888 g/mol. The zero-order chi connectivity index (χ0) is 41.7. The van der Waals surface area contributed by atoms with Crippen LogP contribution in [0.2, 0.25) is 0 Å². The van der Waals surface area contributed by atoms with Crippen molar-refractivity contribution in [1.82, 2.24) is 0 Å². The molecule has 2 aliphatic heterocycles. The van der Waals surface area contributed by atoms with Crippen molar-refractivity contribution < 1.29 is 8.83 Å². The first-order valence-electron chi connectivity index (χ1n) is 21.5. The minimum atomic E-state index is -0.598. The van der Waals surface area contributed by atoms with E-state index in [9.17, 15) is 0 Å². The van der Waals surface area contributed by atoms with Gasteiger partial charge >= 0.3 is 0 Å². The van der Waals surface area contributed by atoms with E-state index in [4.69, 9.17) is 8.83 Å². The highest BCUT2D eigenvalue weighted by Gasteiger charge is 2.60. The fraction of sp³-hybridized carbons (Fsp3) is 0.0345. The fourth-order valence-corrected chi connectivity index (χ4v) is 16.5. The van der Waals surface area contributed by atoms with Crippen LogP contribution in [0, 0.1) is 0 Å². The van der Waals surface area contributed by atoms with Crippen LogP contribution in [-0.2, 0) is 10.8 Å². The van der Waals surface area contributed by atoms with Crippen molar-refractivity contribution in [1.29, 1.82) is 0 Å². The van der Waals surface area contributed by atoms with Gasteiger partial charge in [0.2, 0.25) is 0 Å². The summed E-state index contributed by atoms with van der Waals surface area (Å²) in [6.07, 6.45) is 0. The van der Waals surface area contributed by atoms with Gasteiger partial charge in [0.15, 0.2) is 0 Å². The molecule has 4 aromatic heterocycles. The first kappa shape index (κ1) is 35.9. The Balaban J connectivity index is 1.11. The molecular weight excluding hydrogens is 857 g/mol. The van der Waals surface area contributed by atoms with Crippen molar-refractivity contribution in [3.8, 4) is 20.9 Å². The number of furan rings is 2. The third kappa shape index (κ3) is 4.58. The number of benzene rings is 8. The maximum atomic E-state index is 6.38. The van der Waals surface area contributed by atoms with Crippen LogP contribution in [0.3, 0.4) is 0 Å². The molecule has 64 heavy (non-hydrogen) atoms. The van der Waals surface area contributed by atoms with E-state index >= 15 is 0 Å². The van der Waals surface area contributed by atoms with Crippen molar-refractivity contribution in [3.05, 3.63) is 237 Å². The minimum Gasteiger partial charge on any atom is -0.456 e. The molecule has 8 aromatic carbocycles. The quantitative estimate of drug-likeness (QED) is 0.173. The summed E-state index contributed by atoms with van der Waals surface area (Å²) >= 11 is 7.75. The van der Waals surface area contributed by atoms with E-state index in [2.05, 4.69) is 194 Å². The molecule has 2 spiro atoms. The van der Waals surface area contributed by atoms with Crippen LogP contribution in [-0.4, -0.2) is 0 Å². The zero-order valence-electron chi connectivity index (χ0n) is 33.9. The van der Waals surface area contributed by atoms with Crippen LogP contribution in [0.25, 0.3) is 64.8 Å². The molecule has 3 aliphatic rings. The van der Waals surface area contributed by atoms with Crippen LogP contribution in [0.15, 0.2) is 223 Å². The van der Waals surface area contributed by atoms with E-state index in [1.54, 1.807) is 0 Å². The Morgan fingerprint density at radius 2 is 0.641 bits per heavy atom. The highest BCUT2D eigenvalue weighted by Crippen LogP contribution is 2.70. The van der Waals surface area contributed by atoms with Crippen molar-refractivity contribution in [2.45, 2.75) is 30.4 Å². The average Bonchev–Trinajstić information content (AvgIpc) is 4.16. The molecule has 15 rings (SSSR count). The number of para-hydroxylation sites is 2. The van der Waals surface area contributed by atoms with Crippen molar-refractivity contribution >= 4 is 90.1 Å². The van der Waals surface area contributed by atoms with Crippen molar-refractivity contribution in [3.63, 3.8) is 0 Å². The summed E-state index contributed by atoms with van der Waals surface area (Å²) in [4.78, 5) is 10.5. The molecule has 6 heteroatoms. The van der Waals surface area contributed by atoms with Gasteiger partial charge in [0.1, 0.15) is 22.3 Å². The molecular formula is C58H32O2S4. The zero-order valence-corrected chi connectivity index (χ0v) is 37.2. The molecule has 0 bridgehead atoms. The molecule has 12 aromatic rings. The molecule has 0 unspecified atom stereocenters. The summed E-state index contributed by atoms with van der Waals surface area (Å²) < 4.78 is 12.8. The van der Waals surface area contributed by atoms with Crippen LogP contribution in [0.4, 0.5) is 0 Å². The number of rotatable bonds is 2. The summed E-state index contributed by atoms with van der Waals surface area (Å²) in [5.41, 5.74) is 12.9. The Morgan fingerprint density at radius 3 is 1.05 bits per heavy atom.